The molecule has 0 unspecified atom stereocenters. The molecule has 1 aliphatic carbocycles. The summed E-state index contributed by atoms with van der Waals surface area (Å²) < 4.78 is 0. The van der Waals surface area contributed by atoms with Gasteiger partial charge in [0.1, 0.15) is 0 Å². The molecule has 310 valence electrons. The van der Waals surface area contributed by atoms with Crippen LogP contribution in [-0.2, 0) is 11.2 Å². The van der Waals surface area contributed by atoms with Gasteiger partial charge in [0.2, 0.25) is 5.91 Å². The number of hydrogen-bond acceptors (Lipinski definition) is 5. The molecule has 8 nitrogen and oxygen atoms in total. The number of nitrogens with one attached hydrogen (secondary N) is 3. The van der Waals surface area contributed by atoms with Crippen molar-refractivity contribution in [3.05, 3.63) is 80.9 Å². The maximum Gasteiger partial charge on any atom is 0.220 e. The van der Waals surface area contributed by atoms with E-state index in [1.165, 1.54) is 77.0 Å². The van der Waals surface area contributed by atoms with Crippen molar-refractivity contribution >= 4 is 51.2 Å². The summed E-state index contributed by atoms with van der Waals surface area (Å²) in [5, 5.41) is 3.18. The second-order valence-corrected chi connectivity index (χ2v) is 17.0. The van der Waals surface area contributed by atoms with Crippen LogP contribution >= 0.6 is 0 Å². The molecule has 0 saturated carbocycles. The number of H-pyrrole nitrogens is 2. The number of nitrogens with zero attached hydrogens (tertiary/aromatic N) is 2. The van der Waals surface area contributed by atoms with E-state index >= 15 is 0 Å². The Labute approximate surface area is 346 Å². The molecular weight excluding hydrogens is 719 g/mol. The SMILES string of the molecule is CCCCCCCC/C=C\CCCCCCCCNC(=O)CC[C@@H]1c2nc(cc3[nH]c(cc4nc(cc5[nH]c6c2CC(=O)c6c5C)C(CC)=C4C)c(C=O)c3C)[C@H]1C. The van der Waals surface area contributed by atoms with Crippen LogP contribution in [0.15, 0.2) is 30.4 Å². The third-order valence-electron chi connectivity index (χ3n) is 13.0. The number of rotatable bonds is 21. The minimum absolute atomic E-state index is 0.00563. The standard InChI is InChI=1S/C50H67N5O3/c1-7-9-10-11-12-13-14-15-16-17-18-19-20-21-22-23-26-51-47(58)25-24-37-33(4)42-28-40-34(5)39(31-56)45(53-40)29-41-32(3)36(8-2)44(52-41)30-43-35(6)48-46(57)27-38(49(37)54-42)50(48)55-43/h15-16,28-31,33,37,53,55H,7-14,17-27H2,1-6H3,(H,51,58)/b16-15-,40-28?,41-29?,42-28?,43-30?,44-30?,45-29?,49-38?/t33-,37-/m0/s1. The zero-order valence-corrected chi connectivity index (χ0v) is 36.2. The molecule has 1 amide bonds. The molecule has 6 rings (SSSR count). The van der Waals surface area contributed by atoms with Crippen LogP contribution in [0.25, 0.3) is 33.2 Å². The number of amides is 1. The minimum atomic E-state index is -0.0390. The molecule has 8 heteroatoms. The number of allylic oxidation sites excluding steroid dienone is 4. The number of Topliss-reactive ketones (excluding diaryl/α,β-unsaturated/α-hetero) is 1. The zero-order valence-electron chi connectivity index (χ0n) is 36.2. The predicted molar refractivity (Wildman–Crippen MR) is 240 cm³/mol. The Hall–Kier alpha value is -4.59. The van der Waals surface area contributed by atoms with Crippen LogP contribution in [-0.4, -0.2) is 44.5 Å². The van der Waals surface area contributed by atoms with Crippen LogP contribution in [0.4, 0.5) is 0 Å². The molecule has 0 aromatic carbocycles. The molecule has 2 aliphatic heterocycles. The van der Waals surface area contributed by atoms with Crippen molar-refractivity contribution in [3.8, 4) is 0 Å². The fraction of sp³-hybridized carbons (Fsp3) is 0.540. The van der Waals surface area contributed by atoms with Gasteiger partial charge in [0.15, 0.2) is 12.1 Å². The summed E-state index contributed by atoms with van der Waals surface area (Å²) in [7, 11) is 0. The van der Waals surface area contributed by atoms with E-state index in [9.17, 15) is 14.4 Å². The second kappa shape index (κ2) is 20.4. The van der Waals surface area contributed by atoms with Gasteiger partial charge in [0.05, 0.1) is 28.1 Å². The quantitative estimate of drug-likeness (QED) is 0.0564. The highest BCUT2D eigenvalue weighted by Gasteiger charge is 2.36. The van der Waals surface area contributed by atoms with Gasteiger partial charge >= 0.3 is 0 Å². The number of unbranched alkanes of at least 4 members (excludes halogenated alkanes) is 12. The van der Waals surface area contributed by atoms with Gasteiger partial charge in [0, 0.05) is 64.6 Å². The Kier molecular flexibility index (Phi) is 15.1. The summed E-state index contributed by atoms with van der Waals surface area (Å²) in [5.74, 6) is 0.126. The lowest BCUT2D eigenvalue weighted by Gasteiger charge is -2.17. The highest BCUT2D eigenvalue weighted by molar-refractivity contribution is 6.13. The van der Waals surface area contributed by atoms with Crippen molar-refractivity contribution in [1.29, 1.82) is 0 Å². The second-order valence-electron chi connectivity index (χ2n) is 17.0. The summed E-state index contributed by atoms with van der Waals surface area (Å²) in [6.07, 6.45) is 25.5. The lowest BCUT2D eigenvalue weighted by Crippen LogP contribution is -2.24. The first-order valence-electron chi connectivity index (χ1n) is 22.5. The van der Waals surface area contributed by atoms with Crippen LogP contribution in [0.3, 0.4) is 0 Å². The van der Waals surface area contributed by atoms with Crippen molar-refractivity contribution in [3.63, 3.8) is 0 Å². The summed E-state index contributed by atoms with van der Waals surface area (Å²) in [4.78, 5) is 56.8. The van der Waals surface area contributed by atoms with E-state index in [0.717, 1.165) is 104 Å². The molecule has 5 heterocycles. The largest absolute Gasteiger partial charge is 0.356 e. The van der Waals surface area contributed by atoms with E-state index in [1.807, 2.05) is 19.9 Å². The number of carbonyl (C=O) groups excluding carboxylic acids is 3. The number of hydrogen-bond donors (Lipinski definition) is 3. The van der Waals surface area contributed by atoms with E-state index in [1.54, 1.807) is 0 Å². The zero-order chi connectivity index (χ0) is 41.2. The highest BCUT2D eigenvalue weighted by atomic mass is 16.1. The Morgan fingerprint density at radius 2 is 1.47 bits per heavy atom. The van der Waals surface area contributed by atoms with Crippen molar-refractivity contribution in [2.75, 3.05) is 6.54 Å². The lowest BCUT2D eigenvalue weighted by molar-refractivity contribution is -0.121. The monoisotopic (exact) mass is 786 g/mol. The molecule has 0 saturated heterocycles. The van der Waals surface area contributed by atoms with Crippen LogP contribution in [0.1, 0.15) is 209 Å². The van der Waals surface area contributed by atoms with Crippen LogP contribution in [0.5, 0.6) is 0 Å². The van der Waals surface area contributed by atoms with Gasteiger partial charge in [0.25, 0.3) is 0 Å². The maximum absolute atomic E-state index is 13.7. The van der Waals surface area contributed by atoms with Gasteiger partial charge in [-0.05, 0) is 106 Å². The number of fused-ring (bicyclic) bond motifs is 8. The third kappa shape index (κ3) is 9.81. The van der Waals surface area contributed by atoms with Crippen molar-refractivity contribution in [1.82, 2.24) is 25.3 Å². The minimum Gasteiger partial charge on any atom is -0.356 e. The molecular formula is C50H67N5O3. The third-order valence-corrected chi connectivity index (χ3v) is 13.0. The molecule has 8 bridgehead atoms. The van der Waals surface area contributed by atoms with E-state index in [4.69, 9.17) is 9.97 Å². The molecule has 0 spiro atoms. The van der Waals surface area contributed by atoms with Gasteiger partial charge in [-0.25, -0.2) is 4.98 Å². The maximum atomic E-state index is 13.7. The number of aromatic amines is 2. The molecule has 3 aromatic rings. The summed E-state index contributed by atoms with van der Waals surface area (Å²) in [5.41, 5.74) is 13.0. The lowest BCUT2D eigenvalue weighted by atomic mass is 9.85. The summed E-state index contributed by atoms with van der Waals surface area (Å²) in [6.45, 7) is 13.3. The van der Waals surface area contributed by atoms with E-state index in [-0.39, 0.29) is 29.9 Å². The molecule has 58 heavy (non-hydrogen) atoms. The number of aromatic nitrogens is 4. The van der Waals surface area contributed by atoms with Gasteiger partial charge in [-0.2, -0.15) is 0 Å². The van der Waals surface area contributed by atoms with E-state index in [2.05, 4.69) is 67.3 Å². The normalized spacial score (nSPS) is 16.3. The molecule has 3 aliphatic rings. The average Bonchev–Trinajstić information content (AvgIpc) is 3.97. The fourth-order valence-corrected chi connectivity index (χ4v) is 9.29. The van der Waals surface area contributed by atoms with Crippen LogP contribution in [0, 0.1) is 13.8 Å². The first kappa shape index (κ1) is 43.0. The van der Waals surface area contributed by atoms with Crippen molar-refractivity contribution in [2.45, 2.75) is 169 Å². The number of aldehydes is 1. The Bertz CT molecular complexity index is 2200. The van der Waals surface area contributed by atoms with Crippen molar-refractivity contribution < 1.29 is 14.4 Å². The number of ketones is 1. The number of aryl methyl sites for hydroxylation is 2. The Balaban J connectivity index is 1.12. The first-order valence-corrected chi connectivity index (χ1v) is 22.5. The molecule has 0 fully saturated rings. The van der Waals surface area contributed by atoms with Gasteiger partial charge < -0.3 is 15.3 Å². The Morgan fingerprint density at radius 1 is 0.810 bits per heavy atom. The summed E-state index contributed by atoms with van der Waals surface area (Å²) >= 11 is 0. The molecule has 2 atom stereocenters. The average molecular weight is 786 g/mol. The van der Waals surface area contributed by atoms with E-state index in [0.29, 0.717) is 24.9 Å². The molecule has 3 N–H and O–H groups in total. The first-order chi connectivity index (χ1) is 28.2. The van der Waals surface area contributed by atoms with Gasteiger partial charge in [-0.3, -0.25) is 19.4 Å². The topological polar surface area (TPSA) is 121 Å². The van der Waals surface area contributed by atoms with Crippen LogP contribution in [0.2, 0.25) is 0 Å². The molecule has 3 aromatic heterocycles. The van der Waals surface area contributed by atoms with E-state index < -0.39 is 0 Å². The van der Waals surface area contributed by atoms with Gasteiger partial charge in [-0.15, -0.1) is 0 Å². The predicted octanol–water partition coefficient (Wildman–Crippen LogP) is 12.6. The summed E-state index contributed by atoms with van der Waals surface area (Å²) in [6, 6.07) is 6.08. The van der Waals surface area contributed by atoms with Crippen molar-refractivity contribution in [2.24, 2.45) is 0 Å². The fourth-order valence-electron chi connectivity index (χ4n) is 9.29. The Morgan fingerprint density at radius 3 is 2.16 bits per heavy atom. The smallest absolute Gasteiger partial charge is 0.220 e. The van der Waals surface area contributed by atoms with Crippen LogP contribution < -0.4 is 5.32 Å². The molecule has 0 radical (unpaired) electrons. The highest BCUT2D eigenvalue weighted by Crippen LogP contribution is 2.44. The van der Waals surface area contributed by atoms with Gasteiger partial charge in [-0.1, -0.05) is 90.7 Å². The number of carbonyl (C=O) groups is 3.